The van der Waals surface area contributed by atoms with E-state index in [2.05, 4.69) is 0 Å². The first-order chi connectivity index (χ1) is 11.9. The summed E-state index contributed by atoms with van der Waals surface area (Å²) in [5.74, 6) is -0.458. The molecule has 0 heterocycles. The normalized spacial score (nSPS) is 11.0. The minimum atomic E-state index is -4.06. The molecule has 0 radical (unpaired) electrons. The zero-order valence-electron chi connectivity index (χ0n) is 13.7. The van der Waals surface area contributed by atoms with Gasteiger partial charge in [0.05, 0.1) is 19.3 Å². The second kappa shape index (κ2) is 8.22. The SMILES string of the molecule is CCCOC(=O)c1ccc(OS(=O)(=O)c2ccc(Cl)cc2)c(OC)c1. The van der Waals surface area contributed by atoms with Crippen molar-refractivity contribution in [1.29, 1.82) is 0 Å². The van der Waals surface area contributed by atoms with E-state index in [1.165, 1.54) is 49.6 Å². The van der Waals surface area contributed by atoms with E-state index < -0.39 is 16.1 Å². The van der Waals surface area contributed by atoms with Gasteiger partial charge < -0.3 is 13.7 Å². The van der Waals surface area contributed by atoms with Gasteiger partial charge in [-0.05, 0) is 48.9 Å². The van der Waals surface area contributed by atoms with Crippen molar-refractivity contribution in [3.63, 3.8) is 0 Å². The summed E-state index contributed by atoms with van der Waals surface area (Å²) in [5.41, 5.74) is 0.238. The van der Waals surface area contributed by atoms with Gasteiger partial charge in [-0.1, -0.05) is 18.5 Å². The number of rotatable bonds is 7. The van der Waals surface area contributed by atoms with Gasteiger partial charge in [0.25, 0.3) is 0 Å². The maximum atomic E-state index is 12.3. The number of hydrogen-bond acceptors (Lipinski definition) is 6. The molecule has 134 valence electrons. The van der Waals surface area contributed by atoms with Gasteiger partial charge in [-0.3, -0.25) is 0 Å². The van der Waals surface area contributed by atoms with Crippen LogP contribution < -0.4 is 8.92 Å². The molecule has 0 atom stereocenters. The average molecular weight is 385 g/mol. The number of halogens is 1. The van der Waals surface area contributed by atoms with E-state index >= 15 is 0 Å². The minimum absolute atomic E-state index is 0.0375. The van der Waals surface area contributed by atoms with Crippen LogP contribution in [0.25, 0.3) is 0 Å². The van der Waals surface area contributed by atoms with Crippen LogP contribution in [0.2, 0.25) is 5.02 Å². The van der Waals surface area contributed by atoms with Crippen molar-refractivity contribution < 1.29 is 26.9 Å². The van der Waals surface area contributed by atoms with Crippen molar-refractivity contribution in [2.75, 3.05) is 13.7 Å². The van der Waals surface area contributed by atoms with Crippen molar-refractivity contribution in [3.8, 4) is 11.5 Å². The smallest absolute Gasteiger partial charge is 0.339 e. The molecule has 0 unspecified atom stereocenters. The molecule has 0 fully saturated rings. The zero-order valence-corrected chi connectivity index (χ0v) is 15.3. The highest BCUT2D eigenvalue weighted by Gasteiger charge is 2.20. The molecule has 0 saturated heterocycles. The van der Waals surface area contributed by atoms with E-state index in [0.29, 0.717) is 18.1 Å². The van der Waals surface area contributed by atoms with Crippen LogP contribution in [0, 0.1) is 0 Å². The van der Waals surface area contributed by atoms with Crippen molar-refractivity contribution in [1.82, 2.24) is 0 Å². The maximum Gasteiger partial charge on any atom is 0.339 e. The fourth-order valence-electron chi connectivity index (χ4n) is 1.91. The standard InChI is InChI=1S/C17H17ClO6S/c1-3-10-23-17(19)12-4-9-15(16(11-12)22-2)24-25(20,21)14-7-5-13(18)6-8-14/h4-9,11H,3,10H2,1-2H3. The van der Waals surface area contributed by atoms with E-state index in [-0.39, 0.29) is 22.0 Å². The molecule has 25 heavy (non-hydrogen) atoms. The lowest BCUT2D eigenvalue weighted by Gasteiger charge is -2.12. The molecule has 0 amide bonds. The molecule has 0 aliphatic rings. The second-order valence-electron chi connectivity index (χ2n) is 4.99. The van der Waals surface area contributed by atoms with Crippen LogP contribution in [0.3, 0.4) is 0 Å². The molecule has 0 bridgehead atoms. The molecule has 0 aliphatic carbocycles. The molecule has 0 spiro atoms. The number of esters is 1. The summed E-state index contributed by atoms with van der Waals surface area (Å²) in [6.45, 7) is 2.18. The minimum Gasteiger partial charge on any atom is -0.493 e. The van der Waals surface area contributed by atoms with Crippen LogP contribution in [-0.4, -0.2) is 28.1 Å². The molecule has 6 nitrogen and oxygen atoms in total. The summed E-state index contributed by atoms with van der Waals surface area (Å²) >= 11 is 5.75. The second-order valence-corrected chi connectivity index (χ2v) is 6.98. The Morgan fingerprint density at radius 3 is 2.36 bits per heavy atom. The van der Waals surface area contributed by atoms with Gasteiger partial charge in [0, 0.05) is 5.02 Å². The highest BCUT2D eigenvalue weighted by atomic mass is 35.5. The summed E-state index contributed by atoms with van der Waals surface area (Å²) < 4.78 is 39.9. The number of benzene rings is 2. The molecular weight excluding hydrogens is 368 g/mol. The number of carbonyl (C=O) groups excluding carboxylic acids is 1. The number of carbonyl (C=O) groups is 1. The summed E-state index contributed by atoms with van der Waals surface area (Å²) in [4.78, 5) is 11.8. The first-order valence-corrected chi connectivity index (χ1v) is 9.21. The van der Waals surface area contributed by atoms with E-state index in [9.17, 15) is 13.2 Å². The first-order valence-electron chi connectivity index (χ1n) is 7.42. The predicted molar refractivity (Wildman–Crippen MR) is 92.8 cm³/mol. The molecule has 0 aliphatic heterocycles. The van der Waals surface area contributed by atoms with Gasteiger partial charge in [0.15, 0.2) is 11.5 Å². The summed E-state index contributed by atoms with van der Waals surface area (Å²) in [7, 11) is -2.72. The lowest BCUT2D eigenvalue weighted by atomic mass is 10.2. The highest BCUT2D eigenvalue weighted by Crippen LogP contribution is 2.31. The van der Waals surface area contributed by atoms with E-state index in [1.54, 1.807) is 0 Å². The first kappa shape index (κ1) is 19.1. The Morgan fingerprint density at radius 2 is 1.76 bits per heavy atom. The fourth-order valence-corrected chi connectivity index (χ4v) is 2.97. The molecule has 8 heteroatoms. The summed E-state index contributed by atoms with van der Waals surface area (Å²) in [6.07, 6.45) is 0.698. The Morgan fingerprint density at radius 1 is 1.08 bits per heavy atom. The van der Waals surface area contributed by atoms with Gasteiger partial charge in [-0.25, -0.2) is 4.79 Å². The lowest BCUT2D eigenvalue weighted by molar-refractivity contribution is 0.0504. The molecule has 0 N–H and O–H groups in total. The Kier molecular flexibility index (Phi) is 6.27. The molecular formula is C17H17ClO6S. The Balaban J connectivity index is 2.27. The molecule has 0 saturated carbocycles. The molecule has 2 aromatic rings. The van der Waals surface area contributed by atoms with Gasteiger partial charge in [-0.2, -0.15) is 8.42 Å². The van der Waals surface area contributed by atoms with Gasteiger partial charge in [-0.15, -0.1) is 0 Å². The Hall–Kier alpha value is -2.25. The monoisotopic (exact) mass is 384 g/mol. The number of methoxy groups -OCH3 is 1. The van der Waals surface area contributed by atoms with Crippen molar-refractivity contribution in [2.24, 2.45) is 0 Å². The highest BCUT2D eigenvalue weighted by molar-refractivity contribution is 7.87. The summed E-state index contributed by atoms with van der Waals surface area (Å²) in [6, 6.07) is 9.68. The van der Waals surface area contributed by atoms with E-state index in [4.69, 9.17) is 25.3 Å². The summed E-state index contributed by atoms with van der Waals surface area (Å²) in [5, 5.41) is 0.409. The predicted octanol–water partition coefficient (Wildman–Crippen LogP) is 3.68. The van der Waals surface area contributed by atoms with Gasteiger partial charge >= 0.3 is 16.1 Å². The third-order valence-electron chi connectivity index (χ3n) is 3.14. The van der Waals surface area contributed by atoms with E-state index in [1.807, 2.05) is 6.92 Å². The van der Waals surface area contributed by atoms with Gasteiger partial charge in [0.1, 0.15) is 4.90 Å². The Labute approximate surface area is 151 Å². The maximum absolute atomic E-state index is 12.3. The number of ether oxygens (including phenoxy) is 2. The van der Waals surface area contributed by atoms with Crippen LogP contribution in [0.5, 0.6) is 11.5 Å². The van der Waals surface area contributed by atoms with Crippen LogP contribution in [0.1, 0.15) is 23.7 Å². The quantitative estimate of drug-likeness (QED) is 0.535. The topological polar surface area (TPSA) is 78.9 Å². The number of hydrogen-bond donors (Lipinski definition) is 0. The van der Waals surface area contributed by atoms with Crippen molar-refractivity contribution in [3.05, 3.63) is 53.1 Å². The fraction of sp³-hybridized carbons (Fsp3) is 0.235. The van der Waals surface area contributed by atoms with Crippen LogP contribution >= 0.6 is 11.6 Å². The zero-order chi connectivity index (χ0) is 18.4. The van der Waals surface area contributed by atoms with Crippen molar-refractivity contribution >= 4 is 27.7 Å². The van der Waals surface area contributed by atoms with E-state index in [0.717, 1.165) is 0 Å². The van der Waals surface area contributed by atoms with Crippen LogP contribution in [-0.2, 0) is 14.9 Å². The molecule has 0 aromatic heterocycles. The van der Waals surface area contributed by atoms with Crippen LogP contribution in [0.4, 0.5) is 0 Å². The third-order valence-corrected chi connectivity index (χ3v) is 4.64. The third kappa shape index (κ3) is 4.87. The Bertz CT molecular complexity index is 846. The lowest BCUT2D eigenvalue weighted by Crippen LogP contribution is -2.11. The van der Waals surface area contributed by atoms with Gasteiger partial charge in [0.2, 0.25) is 0 Å². The largest absolute Gasteiger partial charge is 0.493 e. The average Bonchev–Trinajstić information content (AvgIpc) is 2.60. The molecule has 2 aromatic carbocycles. The molecule has 2 rings (SSSR count). The van der Waals surface area contributed by atoms with Crippen LogP contribution in [0.15, 0.2) is 47.4 Å². The van der Waals surface area contributed by atoms with Crippen molar-refractivity contribution in [2.45, 2.75) is 18.2 Å².